The van der Waals surface area contributed by atoms with Crippen LogP contribution in [0.25, 0.3) is 0 Å². The van der Waals surface area contributed by atoms with Gasteiger partial charge in [-0.1, -0.05) is 36.4 Å². The van der Waals surface area contributed by atoms with E-state index in [2.05, 4.69) is 5.32 Å². The summed E-state index contributed by atoms with van der Waals surface area (Å²) in [5, 5.41) is 4.68. The first-order valence-corrected chi connectivity index (χ1v) is 8.72. The Morgan fingerprint density at radius 3 is 2.32 bits per heavy atom. The Bertz CT molecular complexity index is 842. The topological polar surface area (TPSA) is 55.4 Å². The molecule has 3 rings (SSSR count). The number of ketones is 1. The molecule has 1 amide bonds. The third-order valence-corrected chi connectivity index (χ3v) is 4.47. The summed E-state index contributed by atoms with van der Waals surface area (Å²) in [6.45, 7) is 1.72. The minimum absolute atomic E-state index is 0.0734. The lowest BCUT2D eigenvalue weighted by Crippen LogP contribution is -2.23. The number of benzene rings is 2. The standard InChI is InChI=1S/C20H17NO3S/c1-14(19(22)15-6-3-2-4-7-15)24-17-11-9-16(10-12-17)21-20(23)18-8-5-13-25-18/h2-14H,1H3,(H,21,23). The van der Waals surface area contributed by atoms with E-state index in [1.54, 1.807) is 49.4 Å². The second-order valence-corrected chi connectivity index (χ2v) is 6.39. The SMILES string of the molecule is CC(Oc1ccc(NC(=O)c2cccs2)cc1)C(=O)c1ccccc1. The van der Waals surface area contributed by atoms with E-state index >= 15 is 0 Å². The minimum atomic E-state index is -0.589. The highest BCUT2D eigenvalue weighted by molar-refractivity contribution is 7.12. The summed E-state index contributed by atoms with van der Waals surface area (Å²) in [6, 6.07) is 19.6. The fourth-order valence-electron chi connectivity index (χ4n) is 2.31. The molecule has 1 unspecified atom stereocenters. The van der Waals surface area contributed by atoms with Crippen LogP contribution in [0.15, 0.2) is 72.1 Å². The molecule has 5 heteroatoms. The Morgan fingerprint density at radius 1 is 0.960 bits per heavy atom. The van der Waals surface area contributed by atoms with E-state index in [4.69, 9.17) is 4.74 Å². The van der Waals surface area contributed by atoms with Crippen molar-refractivity contribution in [3.63, 3.8) is 0 Å². The fourth-order valence-corrected chi connectivity index (χ4v) is 2.93. The fraction of sp³-hybridized carbons (Fsp3) is 0.100. The molecule has 0 bridgehead atoms. The van der Waals surface area contributed by atoms with E-state index in [1.807, 2.05) is 29.6 Å². The molecule has 0 saturated carbocycles. The Kier molecular flexibility index (Phi) is 5.26. The molecule has 1 atom stereocenters. The average Bonchev–Trinajstić information content (AvgIpc) is 3.18. The van der Waals surface area contributed by atoms with E-state index < -0.39 is 6.10 Å². The van der Waals surface area contributed by atoms with Gasteiger partial charge in [-0.25, -0.2) is 0 Å². The zero-order valence-corrected chi connectivity index (χ0v) is 14.5. The molecule has 25 heavy (non-hydrogen) atoms. The first-order chi connectivity index (χ1) is 12.1. The van der Waals surface area contributed by atoms with Crippen molar-refractivity contribution in [2.24, 2.45) is 0 Å². The number of carbonyl (C=O) groups excluding carboxylic acids is 2. The van der Waals surface area contributed by atoms with E-state index in [-0.39, 0.29) is 11.7 Å². The molecule has 1 heterocycles. The summed E-state index contributed by atoms with van der Waals surface area (Å²) in [6.07, 6.45) is -0.589. The van der Waals surface area contributed by atoms with Gasteiger partial charge < -0.3 is 10.1 Å². The molecule has 126 valence electrons. The number of hydrogen-bond donors (Lipinski definition) is 1. The molecule has 0 aliphatic rings. The summed E-state index contributed by atoms with van der Waals surface area (Å²) in [5.74, 6) is 0.359. The van der Waals surface area contributed by atoms with Gasteiger partial charge in [-0.3, -0.25) is 9.59 Å². The summed E-state index contributed by atoms with van der Waals surface area (Å²) in [5.41, 5.74) is 1.29. The molecule has 0 radical (unpaired) electrons. The molecule has 2 aromatic carbocycles. The predicted octanol–water partition coefficient (Wildman–Crippen LogP) is 4.65. The van der Waals surface area contributed by atoms with E-state index in [0.29, 0.717) is 21.9 Å². The number of amides is 1. The normalized spacial score (nSPS) is 11.6. The van der Waals surface area contributed by atoms with E-state index in [1.165, 1.54) is 11.3 Å². The molecule has 4 nitrogen and oxygen atoms in total. The Balaban J connectivity index is 1.60. The number of Topliss-reactive ketones (excluding diaryl/α,β-unsaturated/α-hetero) is 1. The number of ether oxygens (including phenoxy) is 1. The lowest BCUT2D eigenvalue weighted by molar-refractivity contribution is 0.0818. The number of thiophene rings is 1. The van der Waals surface area contributed by atoms with Gasteiger partial charge in [0.2, 0.25) is 5.78 Å². The molecule has 0 spiro atoms. The van der Waals surface area contributed by atoms with Crippen molar-refractivity contribution in [2.75, 3.05) is 5.32 Å². The van der Waals surface area contributed by atoms with Crippen molar-refractivity contribution in [1.82, 2.24) is 0 Å². The van der Waals surface area contributed by atoms with Crippen LogP contribution in [-0.4, -0.2) is 17.8 Å². The van der Waals surface area contributed by atoms with Gasteiger partial charge in [0, 0.05) is 11.3 Å². The Labute approximate surface area is 150 Å². The molecule has 3 aromatic rings. The molecule has 0 fully saturated rings. The highest BCUT2D eigenvalue weighted by Gasteiger charge is 2.16. The smallest absolute Gasteiger partial charge is 0.265 e. The maximum atomic E-state index is 12.3. The molecule has 0 aliphatic carbocycles. The van der Waals surface area contributed by atoms with Crippen LogP contribution in [0.2, 0.25) is 0 Å². The van der Waals surface area contributed by atoms with Gasteiger partial charge in [0.1, 0.15) is 5.75 Å². The van der Waals surface area contributed by atoms with Crippen LogP contribution in [-0.2, 0) is 0 Å². The van der Waals surface area contributed by atoms with Gasteiger partial charge in [0.25, 0.3) is 5.91 Å². The van der Waals surface area contributed by atoms with E-state index in [9.17, 15) is 9.59 Å². The van der Waals surface area contributed by atoms with Crippen molar-refractivity contribution >= 4 is 28.7 Å². The van der Waals surface area contributed by atoms with Crippen LogP contribution >= 0.6 is 11.3 Å². The predicted molar refractivity (Wildman–Crippen MR) is 99.6 cm³/mol. The zero-order valence-electron chi connectivity index (χ0n) is 13.6. The second kappa shape index (κ2) is 7.77. The third-order valence-electron chi connectivity index (χ3n) is 3.60. The minimum Gasteiger partial charge on any atom is -0.483 e. The van der Waals surface area contributed by atoms with Crippen LogP contribution in [0.5, 0.6) is 5.75 Å². The largest absolute Gasteiger partial charge is 0.483 e. The number of carbonyl (C=O) groups is 2. The Morgan fingerprint density at radius 2 is 1.68 bits per heavy atom. The van der Waals surface area contributed by atoms with Crippen LogP contribution in [0.3, 0.4) is 0 Å². The van der Waals surface area contributed by atoms with Crippen molar-refractivity contribution in [1.29, 1.82) is 0 Å². The molecule has 1 aromatic heterocycles. The first-order valence-electron chi connectivity index (χ1n) is 7.84. The number of rotatable bonds is 6. The monoisotopic (exact) mass is 351 g/mol. The maximum Gasteiger partial charge on any atom is 0.265 e. The van der Waals surface area contributed by atoms with Gasteiger partial charge in [-0.2, -0.15) is 0 Å². The van der Waals surface area contributed by atoms with Crippen LogP contribution < -0.4 is 10.1 Å². The third kappa shape index (κ3) is 4.33. The van der Waals surface area contributed by atoms with Gasteiger partial charge in [-0.15, -0.1) is 11.3 Å². The Hall–Kier alpha value is -2.92. The zero-order chi connectivity index (χ0) is 17.6. The van der Waals surface area contributed by atoms with Gasteiger partial charge in [-0.05, 0) is 42.6 Å². The van der Waals surface area contributed by atoms with Crippen molar-refractivity contribution in [3.8, 4) is 5.75 Å². The summed E-state index contributed by atoms with van der Waals surface area (Å²) >= 11 is 1.39. The van der Waals surface area contributed by atoms with E-state index in [0.717, 1.165) is 0 Å². The van der Waals surface area contributed by atoms with Gasteiger partial charge >= 0.3 is 0 Å². The molecule has 0 aliphatic heterocycles. The van der Waals surface area contributed by atoms with Crippen LogP contribution in [0.1, 0.15) is 27.0 Å². The lowest BCUT2D eigenvalue weighted by Gasteiger charge is -2.14. The highest BCUT2D eigenvalue weighted by atomic mass is 32.1. The number of anilines is 1. The molecular formula is C20H17NO3S. The lowest BCUT2D eigenvalue weighted by atomic mass is 10.1. The summed E-state index contributed by atoms with van der Waals surface area (Å²) < 4.78 is 5.70. The average molecular weight is 351 g/mol. The maximum absolute atomic E-state index is 12.3. The summed E-state index contributed by atoms with van der Waals surface area (Å²) in [7, 11) is 0. The molecule has 1 N–H and O–H groups in total. The summed E-state index contributed by atoms with van der Waals surface area (Å²) in [4.78, 5) is 25.0. The van der Waals surface area contributed by atoms with Crippen LogP contribution in [0, 0.1) is 0 Å². The van der Waals surface area contributed by atoms with Crippen molar-refractivity contribution < 1.29 is 14.3 Å². The molecule has 0 saturated heterocycles. The number of nitrogens with one attached hydrogen (secondary N) is 1. The highest BCUT2D eigenvalue weighted by Crippen LogP contribution is 2.19. The number of hydrogen-bond acceptors (Lipinski definition) is 4. The van der Waals surface area contributed by atoms with Crippen molar-refractivity contribution in [3.05, 3.63) is 82.6 Å². The van der Waals surface area contributed by atoms with Gasteiger partial charge in [0.05, 0.1) is 4.88 Å². The van der Waals surface area contributed by atoms with Gasteiger partial charge in [0.15, 0.2) is 6.10 Å². The second-order valence-electron chi connectivity index (χ2n) is 5.45. The first kappa shape index (κ1) is 16.9. The quantitative estimate of drug-likeness (QED) is 0.658. The van der Waals surface area contributed by atoms with Crippen LogP contribution in [0.4, 0.5) is 5.69 Å². The molecular weight excluding hydrogens is 334 g/mol. The van der Waals surface area contributed by atoms with Crippen molar-refractivity contribution in [2.45, 2.75) is 13.0 Å².